The van der Waals surface area contributed by atoms with Crippen molar-refractivity contribution in [3.63, 3.8) is 0 Å². The number of nitrogens with one attached hydrogen (secondary N) is 1. The average molecular weight is 291 g/mol. The number of aryl methyl sites for hydroxylation is 1. The standard InChI is InChI=1S/C18H29NO2/c1-8-21-15-10-9-14(11-13(15)2)16(20)19-18(6,7)12-17(3,4)5/h9-11H,8,12H2,1-7H3,(H,19,20). The summed E-state index contributed by atoms with van der Waals surface area (Å²) in [5.41, 5.74) is 1.60. The summed E-state index contributed by atoms with van der Waals surface area (Å²) >= 11 is 0. The van der Waals surface area contributed by atoms with Crippen LogP contribution < -0.4 is 10.1 Å². The Morgan fingerprint density at radius 1 is 1.19 bits per heavy atom. The Kier molecular flexibility index (Phi) is 5.43. The van der Waals surface area contributed by atoms with Gasteiger partial charge in [-0.2, -0.15) is 0 Å². The maximum atomic E-state index is 12.4. The van der Waals surface area contributed by atoms with E-state index in [9.17, 15) is 4.79 Å². The zero-order valence-corrected chi connectivity index (χ0v) is 14.5. The lowest BCUT2D eigenvalue weighted by atomic mass is 9.81. The van der Waals surface area contributed by atoms with Crippen molar-refractivity contribution in [1.82, 2.24) is 5.32 Å². The van der Waals surface area contributed by atoms with Gasteiger partial charge in [0.2, 0.25) is 0 Å². The number of benzene rings is 1. The average Bonchev–Trinajstić information content (AvgIpc) is 2.27. The van der Waals surface area contributed by atoms with Crippen LogP contribution in [0, 0.1) is 12.3 Å². The molecule has 0 spiro atoms. The van der Waals surface area contributed by atoms with Gasteiger partial charge in [-0.1, -0.05) is 20.8 Å². The van der Waals surface area contributed by atoms with Crippen molar-refractivity contribution < 1.29 is 9.53 Å². The Bertz CT molecular complexity index is 498. The number of carbonyl (C=O) groups excluding carboxylic acids is 1. The van der Waals surface area contributed by atoms with Crippen LogP contribution in [0.25, 0.3) is 0 Å². The summed E-state index contributed by atoms with van der Waals surface area (Å²) < 4.78 is 5.51. The maximum absolute atomic E-state index is 12.4. The molecule has 0 aliphatic heterocycles. The Morgan fingerprint density at radius 2 is 1.81 bits per heavy atom. The van der Waals surface area contributed by atoms with Crippen molar-refractivity contribution in [3.05, 3.63) is 29.3 Å². The van der Waals surface area contributed by atoms with Crippen LogP contribution in [0.15, 0.2) is 18.2 Å². The van der Waals surface area contributed by atoms with Gasteiger partial charge >= 0.3 is 0 Å². The highest BCUT2D eigenvalue weighted by molar-refractivity contribution is 5.95. The van der Waals surface area contributed by atoms with Crippen molar-refractivity contribution in [2.75, 3.05) is 6.61 Å². The van der Waals surface area contributed by atoms with Gasteiger partial charge in [0.25, 0.3) is 5.91 Å². The van der Waals surface area contributed by atoms with E-state index in [1.54, 1.807) is 0 Å². The van der Waals surface area contributed by atoms with Crippen LogP contribution in [-0.4, -0.2) is 18.1 Å². The Labute approximate surface area is 129 Å². The third-order valence-electron chi connectivity index (χ3n) is 3.16. The molecule has 0 heterocycles. The predicted octanol–water partition coefficient (Wildman–Crippen LogP) is 4.34. The fourth-order valence-electron chi connectivity index (χ4n) is 2.86. The van der Waals surface area contributed by atoms with E-state index in [0.717, 1.165) is 17.7 Å². The lowest BCUT2D eigenvalue weighted by molar-refractivity contribution is 0.0891. The summed E-state index contributed by atoms with van der Waals surface area (Å²) in [4.78, 5) is 12.4. The van der Waals surface area contributed by atoms with E-state index in [0.29, 0.717) is 12.2 Å². The quantitative estimate of drug-likeness (QED) is 0.876. The summed E-state index contributed by atoms with van der Waals surface area (Å²) in [6, 6.07) is 5.57. The SMILES string of the molecule is CCOc1ccc(C(=O)NC(C)(C)CC(C)(C)C)cc1C. The smallest absolute Gasteiger partial charge is 0.251 e. The van der Waals surface area contributed by atoms with Gasteiger partial charge in [0.05, 0.1) is 6.61 Å². The fourth-order valence-corrected chi connectivity index (χ4v) is 2.86. The van der Waals surface area contributed by atoms with Gasteiger partial charge in [-0.25, -0.2) is 0 Å². The molecule has 0 unspecified atom stereocenters. The molecule has 118 valence electrons. The zero-order chi connectivity index (χ0) is 16.3. The van der Waals surface area contributed by atoms with Gasteiger partial charge < -0.3 is 10.1 Å². The second kappa shape index (κ2) is 6.50. The van der Waals surface area contributed by atoms with E-state index in [1.807, 2.05) is 32.0 Å². The molecule has 1 rings (SSSR count). The number of rotatable bonds is 5. The molecule has 1 N–H and O–H groups in total. The Balaban J connectivity index is 2.82. The second-order valence-electron chi connectivity index (χ2n) is 7.49. The van der Waals surface area contributed by atoms with Gasteiger partial charge in [0.15, 0.2) is 0 Å². The van der Waals surface area contributed by atoms with E-state index in [1.165, 1.54) is 0 Å². The minimum atomic E-state index is -0.234. The number of hydrogen-bond donors (Lipinski definition) is 1. The first-order valence-corrected chi connectivity index (χ1v) is 7.60. The van der Waals surface area contributed by atoms with E-state index >= 15 is 0 Å². The van der Waals surface area contributed by atoms with Gasteiger partial charge in [-0.3, -0.25) is 4.79 Å². The van der Waals surface area contributed by atoms with Crippen LogP contribution in [0.2, 0.25) is 0 Å². The minimum absolute atomic E-state index is 0.0320. The van der Waals surface area contributed by atoms with Gasteiger partial charge in [0.1, 0.15) is 5.75 Å². The molecule has 0 atom stereocenters. The lowest BCUT2D eigenvalue weighted by Crippen LogP contribution is -2.45. The first kappa shape index (κ1) is 17.5. The third kappa shape index (κ3) is 5.78. The molecule has 1 aromatic rings. The summed E-state index contributed by atoms with van der Waals surface area (Å²) in [6.45, 7) is 15.2. The molecule has 1 amide bonds. The molecule has 21 heavy (non-hydrogen) atoms. The third-order valence-corrected chi connectivity index (χ3v) is 3.16. The van der Waals surface area contributed by atoms with Gasteiger partial charge in [0, 0.05) is 11.1 Å². The minimum Gasteiger partial charge on any atom is -0.494 e. The van der Waals surface area contributed by atoms with Crippen LogP contribution in [0.4, 0.5) is 0 Å². The van der Waals surface area contributed by atoms with Gasteiger partial charge in [-0.15, -0.1) is 0 Å². The molecule has 0 radical (unpaired) electrons. The molecular formula is C18H29NO2. The predicted molar refractivity (Wildman–Crippen MR) is 88.0 cm³/mol. The zero-order valence-electron chi connectivity index (χ0n) is 14.5. The van der Waals surface area contributed by atoms with E-state index in [2.05, 4.69) is 39.9 Å². The molecule has 3 nitrogen and oxygen atoms in total. The van der Waals surface area contributed by atoms with Gasteiger partial charge in [-0.05, 0) is 63.3 Å². The summed E-state index contributed by atoms with van der Waals surface area (Å²) in [6.07, 6.45) is 0.918. The molecular weight excluding hydrogens is 262 g/mol. The second-order valence-corrected chi connectivity index (χ2v) is 7.49. The van der Waals surface area contributed by atoms with Crippen molar-refractivity contribution in [1.29, 1.82) is 0 Å². The normalized spacial score (nSPS) is 12.1. The Hall–Kier alpha value is -1.51. The summed E-state index contributed by atoms with van der Waals surface area (Å²) in [5.74, 6) is 0.804. The largest absolute Gasteiger partial charge is 0.494 e. The number of hydrogen-bond acceptors (Lipinski definition) is 2. The monoisotopic (exact) mass is 291 g/mol. The van der Waals surface area contributed by atoms with E-state index in [-0.39, 0.29) is 16.9 Å². The van der Waals surface area contributed by atoms with Crippen LogP contribution in [0.1, 0.15) is 63.9 Å². The molecule has 0 fully saturated rings. The molecule has 0 aliphatic rings. The maximum Gasteiger partial charge on any atom is 0.251 e. The summed E-state index contributed by atoms with van der Waals surface area (Å²) in [7, 11) is 0. The van der Waals surface area contributed by atoms with Crippen molar-refractivity contribution in [3.8, 4) is 5.75 Å². The highest BCUT2D eigenvalue weighted by Gasteiger charge is 2.27. The first-order valence-electron chi connectivity index (χ1n) is 7.60. The molecule has 0 saturated carbocycles. The van der Waals surface area contributed by atoms with Crippen LogP contribution in [0.3, 0.4) is 0 Å². The Morgan fingerprint density at radius 3 is 2.29 bits per heavy atom. The van der Waals surface area contributed by atoms with E-state index < -0.39 is 0 Å². The van der Waals surface area contributed by atoms with Crippen LogP contribution in [-0.2, 0) is 0 Å². The van der Waals surface area contributed by atoms with Crippen molar-refractivity contribution in [2.45, 2.75) is 60.4 Å². The topological polar surface area (TPSA) is 38.3 Å². The molecule has 0 aliphatic carbocycles. The molecule has 0 aromatic heterocycles. The van der Waals surface area contributed by atoms with Crippen molar-refractivity contribution in [2.24, 2.45) is 5.41 Å². The fraction of sp³-hybridized carbons (Fsp3) is 0.611. The van der Waals surface area contributed by atoms with Crippen LogP contribution >= 0.6 is 0 Å². The molecule has 3 heteroatoms. The van der Waals surface area contributed by atoms with Crippen molar-refractivity contribution >= 4 is 5.91 Å². The highest BCUT2D eigenvalue weighted by atomic mass is 16.5. The van der Waals surface area contributed by atoms with Crippen LogP contribution in [0.5, 0.6) is 5.75 Å². The van der Waals surface area contributed by atoms with E-state index in [4.69, 9.17) is 4.74 Å². The molecule has 1 aromatic carbocycles. The molecule has 0 bridgehead atoms. The molecule has 0 saturated heterocycles. The number of carbonyl (C=O) groups is 1. The highest BCUT2D eigenvalue weighted by Crippen LogP contribution is 2.27. The first-order chi connectivity index (χ1) is 9.54. The number of amides is 1. The number of ether oxygens (including phenoxy) is 1. The summed E-state index contributed by atoms with van der Waals surface area (Å²) in [5, 5.41) is 3.13. The lowest BCUT2D eigenvalue weighted by Gasteiger charge is -2.33.